The van der Waals surface area contributed by atoms with E-state index in [1.165, 1.54) is 16.2 Å². The van der Waals surface area contributed by atoms with Crippen LogP contribution in [-0.4, -0.2) is 23.6 Å². The Morgan fingerprint density at radius 1 is 1.10 bits per heavy atom. The van der Waals surface area contributed by atoms with Crippen molar-refractivity contribution in [3.8, 4) is 11.5 Å². The molecule has 1 fully saturated rings. The summed E-state index contributed by atoms with van der Waals surface area (Å²) in [6, 6.07) is 15.5. The zero-order chi connectivity index (χ0) is 21.5. The van der Waals surface area contributed by atoms with Crippen molar-refractivity contribution in [2.75, 3.05) is 11.7 Å². The van der Waals surface area contributed by atoms with Crippen molar-refractivity contribution in [3.05, 3.63) is 81.6 Å². The Morgan fingerprint density at radius 3 is 2.58 bits per heavy atom. The number of aliphatic hydroxyl groups excluding tert-OH is 1. The molecule has 0 radical (unpaired) electrons. The first-order valence-corrected chi connectivity index (χ1v) is 10.8. The van der Waals surface area contributed by atoms with E-state index in [0.29, 0.717) is 22.7 Å². The minimum absolute atomic E-state index is 0.0610. The minimum atomic E-state index is -0.715. The Kier molecular flexibility index (Phi) is 4.75. The lowest BCUT2D eigenvalue weighted by atomic mass is 9.99. The molecule has 1 atom stereocenters. The summed E-state index contributed by atoms with van der Waals surface area (Å²) in [5.74, 6) is -0.551. The van der Waals surface area contributed by atoms with Gasteiger partial charge in [-0.2, -0.15) is 0 Å². The lowest BCUT2D eigenvalue weighted by molar-refractivity contribution is -0.132. The van der Waals surface area contributed by atoms with Crippen LogP contribution in [0.1, 0.15) is 29.0 Å². The SMILES string of the molecule is CCc1ccc(N2C(=O)C(=O)/C(=C(\O)c3ccc4c(c3)OCO4)C2c2cccs2)cc1. The highest BCUT2D eigenvalue weighted by molar-refractivity contribution is 7.10. The number of Topliss-reactive ketones (excluding diaryl/α,β-unsaturated/α-hetero) is 1. The Morgan fingerprint density at radius 2 is 1.87 bits per heavy atom. The number of hydrogen-bond donors (Lipinski definition) is 1. The number of hydrogen-bond acceptors (Lipinski definition) is 6. The first kappa shape index (κ1) is 19.4. The molecule has 2 aliphatic rings. The fourth-order valence-electron chi connectivity index (χ4n) is 3.91. The molecule has 31 heavy (non-hydrogen) atoms. The van der Waals surface area contributed by atoms with Gasteiger partial charge in [0.1, 0.15) is 11.8 Å². The molecule has 156 valence electrons. The maximum atomic E-state index is 13.1. The summed E-state index contributed by atoms with van der Waals surface area (Å²) in [6.45, 7) is 2.16. The van der Waals surface area contributed by atoms with Crippen LogP contribution >= 0.6 is 11.3 Å². The monoisotopic (exact) mass is 433 g/mol. The predicted molar refractivity (Wildman–Crippen MR) is 117 cm³/mol. The van der Waals surface area contributed by atoms with E-state index in [4.69, 9.17) is 9.47 Å². The molecule has 6 nitrogen and oxygen atoms in total. The third-order valence-corrected chi connectivity index (χ3v) is 6.45. The maximum Gasteiger partial charge on any atom is 0.300 e. The molecule has 1 saturated heterocycles. The molecule has 5 rings (SSSR count). The van der Waals surface area contributed by atoms with Gasteiger partial charge in [-0.1, -0.05) is 25.1 Å². The third kappa shape index (κ3) is 3.18. The van der Waals surface area contributed by atoms with Gasteiger partial charge in [0.2, 0.25) is 6.79 Å². The molecule has 1 aromatic heterocycles. The van der Waals surface area contributed by atoms with E-state index in [9.17, 15) is 14.7 Å². The first-order chi connectivity index (χ1) is 15.1. The van der Waals surface area contributed by atoms with Gasteiger partial charge in [-0.3, -0.25) is 14.5 Å². The van der Waals surface area contributed by atoms with Crippen LogP contribution < -0.4 is 14.4 Å². The number of aryl methyl sites for hydroxylation is 1. The number of amides is 1. The molecule has 7 heteroatoms. The summed E-state index contributed by atoms with van der Waals surface area (Å²) in [4.78, 5) is 28.5. The number of carbonyl (C=O) groups excluding carboxylic acids is 2. The summed E-state index contributed by atoms with van der Waals surface area (Å²) in [5, 5.41) is 13.0. The van der Waals surface area contributed by atoms with Crippen molar-refractivity contribution in [3.63, 3.8) is 0 Å². The number of carbonyl (C=O) groups is 2. The number of rotatable bonds is 4. The Balaban J connectivity index is 1.66. The minimum Gasteiger partial charge on any atom is -0.507 e. The van der Waals surface area contributed by atoms with Gasteiger partial charge >= 0.3 is 0 Å². The summed E-state index contributed by atoms with van der Waals surface area (Å²) in [6.07, 6.45) is 0.873. The highest BCUT2D eigenvalue weighted by Gasteiger charge is 2.47. The second-order valence-corrected chi connectivity index (χ2v) is 8.25. The van der Waals surface area contributed by atoms with Crippen LogP contribution in [0.4, 0.5) is 5.69 Å². The van der Waals surface area contributed by atoms with Crippen LogP contribution in [0.5, 0.6) is 11.5 Å². The molecular formula is C24H19NO5S. The zero-order valence-electron chi connectivity index (χ0n) is 16.7. The molecule has 0 spiro atoms. The number of anilines is 1. The molecule has 3 heterocycles. The van der Waals surface area contributed by atoms with Gasteiger partial charge in [0.15, 0.2) is 11.5 Å². The normalized spacial score (nSPS) is 19.3. The lowest BCUT2D eigenvalue weighted by Gasteiger charge is -2.24. The van der Waals surface area contributed by atoms with E-state index in [0.717, 1.165) is 16.9 Å². The van der Waals surface area contributed by atoms with Crippen LogP contribution in [0.3, 0.4) is 0 Å². The predicted octanol–water partition coefficient (Wildman–Crippen LogP) is 4.67. The van der Waals surface area contributed by atoms with E-state index in [-0.39, 0.29) is 18.1 Å². The van der Waals surface area contributed by atoms with E-state index in [1.807, 2.05) is 41.8 Å². The van der Waals surface area contributed by atoms with Gasteiger partial charge in [-0.15, -0.1) is 11.3 Å². The summed E-state index contributed by atoms with van der Waals surface area (Å²) < 4.78 is 10.7. The topological polar surface area (TPSA) is 76.1 Å². The van der Waals surface area contributed by atoms with Crippen molar-refractivity contribution in [2.24, 2.45) is 0 Å². The fourth-order valence-corrected chi connectivity index (χ4v) is 4.73. The first-order valence-electron chi connectivity index (χ1n) is 9.92. The Bertz CT molecular complexity index is 1200. The van der Waals surface area contributed by atoms with Crippen LogP contribution in [0, 0.1) is 0 Å². The molecule has 2 aromatic carbocycles. The van der Waals surface area contributed by atoms with Gasteiger partial charge in [0.25, 0.3) is 11.7 Å². The number of ether oxygens (including phenoxy) is 2. The highest BCUT2D eigenvalue weighted by Crippen LogP contribution is 2.44. The molecule has 3 aromatic rings. The Hall–Kier alpha value is -3.58. The van der Waals surface area contributed by atoms with E-state index in [2.05, 4.69) is 6.92 Å². The van der Waals surface area contributed by atoms with Gasteiger partial charge in [-0.25, -0.2) is 0 Å². The van der Waals surface area contributed by atoms with E-state index in [1.54, 1.807) is 18.2 Å². The number of fused-ring (bicyclic) bond motifs is 1. The standard InChI is InChI=1S/C24H19NO5S/c1-2-14-5-8-16(9-6-14)25-21(19-4-3-11-31-19)20(23(27)24(25)28)22(26)15-7-10-17-18(12-15)30-13-29-17/h3-12,21,26H,2,13H2,1H3/b22-20-. The van der Waals surface area contributed by atoms with Crippen molar-refractivity contribution < 1.29 is 24.2 Å². The number of ketones is 1. The molecule has 1 N–H and O–H groups in total. The van der Waals surface area contributed by atoms with Crippen molar-refractivity contribution >= 4 is 34.5 Å². The highest BCUT2D eigenvalue weighted by atomic mass is 32.1. The van der Waals surface area contributed by atoms with E-state index >= 15 is 0 Å². The smallest absolute Gasteiger partial charge is 0.300 e. The van der Waals surface area contributed by atoms with Crippen molar-refractivity contribution in [1.29, 1.82) is 0 Å². The van der Waals surface area contributed by atoms with Crippen LogP contribution in [0.15, 0.2) is 65.6 Å². The van der Waals surface area contributed by atoms with Gasteiger partial charge in [0, 0.05) is 16.1 Å². The number of benzene rings is 2. The Labute approximate surface area is 183 Å². The maximum absolute atomic E-state index is 13.1. The third-order valence-electron chi connectivity index (χ3n) is 5.53. The number of thiophene rings is 1. The van der Waals surface area contributed by atoms with Crippen LogP contribution in [-0.2, 0) is 16.0 Å². The summed E-state index contributed by atoms with van der Waals surface area (Å²) >= 11 is 1.43. The fraction of sp³-hybridized carbons (Fsp3) is 0.167. The van der Waals surface area contributed by atoms with E-state index < -0.39 is 17.7 Å². The molecular weight excluding hydrogens is 414 g/mol. The van der Waals surface area contributed by atoms with Crippen LogP contribution in [0.25, 0.3) is 5.76 Å². The average molecular weight is 433 g/mol. The van der Waals surface area contributed by atoms with Gasteiger partial charge in [0.05, 0.1) is 5.57 Å². The van der Waals surface area contributed by atoms with Crippen LogP contribution in [0.2, 0.25) is 0 Å². The summed E-state index contributed by atoms with van der Waals surface area (Å²) in [5.41, 5.74) is 2.20. The second-order valence-electron chi connectivity index (χ2n) is 7.27. The molecule has 0 aliphatic carbocycles. The molecule has 2 aliphatic heterocycles. The molecule has 0 bridgehead atoms. The lowest BCUT2D eigenvalue weighted by Crippen LogP contribution is -2.29. The number of nitrogens with zero attached hydrogens (tertiary/aromatic N) is 1. The van der Waals surface area contributed by atoms with Crippen molar-refractivity contribution in [1.82, 2.24) is 0 Å². The molecule has 0 saturated carbocycles. The molecule has 1 unspecified atom stereocenters. The zero-order valence-corrected chi connectivity index (χ0v) is 17.5. The second kappa shape index (κ2) is 7.59. The summed E-state index contributed by atoms with van der Waals surface area (Å²) in [7, 11) is 0. The van der Waals surface area contributed by atoms with Gasteiger partial charge in [-0.05, 0) is 53.8 Å². The van der Waals surface area contributed by atoms with Gasteiger partial charge < -0.3 is 14.6 Å². The number of aliphatic hydroxyl groups is 1. The largest absolute Gasteiger partial charge is 0.507 e. The van der Waals surface area contributed by atoms with Crippen molar-refractivity contribution in [2.45, 2.75) is 19.4 Å². The quantitative estimate of drug-likeness (QED) is 0.368. The molecule has 1 amide bonds. The average Bonchev–Trinajstić information content (AvgIpc) is 3.53.